The predicted molar refractivity (Wildman–Crippen MR) is 100 cm³/mol. The maximum atomic E-state index is 13.2. The van der Waals surface area contributed by atoms with E-state index >= 15 is 0 Å². The number of nitrogens with one attached hydrogen (secondary N) is 1. The number of benzene rings is 2. The summed E-state index contributed by atoms with van der Waals surface area (Å²) < 4.78 is 20.7. The number of hydrogen-bond acceptors (Lipinski definition) is 3. The van der Waals surface area contributed by atoms with Crippen molar-refractivity contribution >= 4 is 11.6 Å². The number of rotatable bonds is 7. The van der Waals surface area contributed by atoms with Gasteiger partial charge in [0.1, 0.15) is 18.2 Å². The third-order valence-electron chi connectivity index (χ3n) is 4.82. The number of carbonyl (C=O) groups is 1. The standard InChI is InChI=1S/C21H20FN3O2/c22-17-7-5-16(6-8-17)21(9-10-21)20(26)24-18-3-1-4-19(15-18)27-14-13-25-12-2-11-23-25/h1-8,11-12,15H,9-10,13-14H2,(H,24,26). The summed E-state index contributed by atoms with van der Waals surface area (Å²) in [7, 11) is 0. The van der Waals surface area contributed by atoms with Gasteiger partial charge >= 0.3 is 0 Å². The van der Waals surface area contributed by atoms with Crippen LogP contribution in [0.3, 0.4) is 0 Å². The quantitative estimate of drug-likeness (QED) is 0.693. The highest BCUT2D eigenvalue weighted by Gasteiger charge is 2.51. The molecule has 1 saturated carbocycles. The van der Waals surface area contributed by atoms with Gasteiger partial charge in [-0.1, -0.05) is 18.2 Å². The van der Waals surface area contributed by atoms with Crippen molar-refractivity contribution in [2.24, 2.45) is 0 Å². The maximum absolute atomic E-state index is 13.2. The number of anilines is 1. The van der Waals surface area contributed by atoms with E-state index in [1.54, 1.807) is 23.0 Å². The summed E-state index contributed by atoms with van der Waals surface area (Å²) in [5.41, 5.74) is 0.989. The van der Waals surface area contributed by atoms with Gasteiger partial charge < -0.3 is 10.1 Å². The van der Waals surface area contributed by atoms with Gasteiger partial charge in [-0.25, -0.2) is 4.39 Å². The summed E-state index contributed by atoms with van der Waals surface area (Å²) in [5.74, 6) is 0.323. The molecular formula is C21H20FN3O2. The molecule has 1 fully saturated rings. The Labute approximate surface area is 156 Å². The highest BCUT2D eigenvalue weighted by Crippen LogP contribution is 2.49. The van der Waals surface area contributed by atoms with Crippen molar-refractivity contribution in [1.82, 2.24) is 9.78 Å². The van der Waals surface area contributed by atoms with Gasteiger partial charge in [0.15, 0.2) is 0 Å². The lowest BCUT2D eigenvalue weighted by Crippen LogP contribution is -2.27. The third kappa shape index (κ3) is 3.84. The number of hydrogen-bond donors (Lipinski definition) is 1. The van der Waals surface area contributed by atoms with Gasteiger partial charge in [0.05, 0.1) is 12.0 Å². The molecule has 3 aromatic rings. The normalized spacial score (nSPS) is 14.6. The fourth-order valence-electron chi connectivity index (χ4n) is 3.14. The van der Waals surface area contributed by atoms with Crippen LogP contribution in [0.5, 0.6) is 5.75 Å². The van der Waals surface area contributed by atoms with Crippen molar-refractivity contribution in [1.29, 1.82) is 0 Å². The minimum atomic E-state index is -0.551. The maximum Gasteiger partial charge on any atom is 0.235 e. The van der Waals surface area contributed by atoms with E-state index in [-0.39, 0.29) is 11.7 Å². The van der Waals surface area contributed by atoms with Crippen molar-refractivity contribution in [3.63, 3.8) is 0 Å². The van der Waals surface area contributed by atoms with Gasteiger partial charge in [-0.2, -0.15) is 5.10 Å². The molecule has 0 radical (unpaired) electrons. The average Bonchev–Trinajstić information content (AvgIpc) is 3.32. The fraction of sp³-hybridized carbons (Fsp3) is 0.238. The van der Waals surface area contributed by atoms with Crippen LogP contribution in [0.15, 0.2) is 67.0 Å². The zero-order valence-corrected chi connectivity index (χ0v) is 14.8. The minimum Gasteiger partial charge on any atom is -0.492 e. The van der Waals surface area contributed by atoms with Crippen LogP contribution in [0, 0.1) is 5.82 Å². The second-order valence-corrected chi connectivity index (χ2v) is 6.69. The van der Waals surface area contributed by atoms with E-state index in [1.807, 2.05) is 36.5 Å². The number of aromatic nitrogens is 2. The van der Waals surface area contributed by atoms with Crippen LogP contribution in [-0.2, 0) is 16.8 Å². The number of nitrogens with zero attached hydrogens (tertiary/aromatic N) is 2. The van der Waals surface area contributed by atoms with Gasteiger partial charge in [-0.15, -0.1) is 0 Å². The predicted octanol–water partition coefficient (Wildman–Crippen LogP) is 3.77. The second kappa shape index (κ2) is 7.23. The van der Waals surface area contributed by atoms with Crippen LogP contribution >= 0.6 is 0 Å². The molecule has 6 heteroatoms. The monoisotopic (exact) mass is 365 g/mol. The van der Waals surface area contributed by atoms with Crippen molar-refractivity contribution in [2.45, 2.75) is 24.8 Å². The summed E-state index contributed by atoms with van der Waals surface area (Å²) in [6, 6.07) is 15.4. The van der Waals surface area contributed by atoms with Crippen LogP contribution in [0.25, 0.3) is 0 Å². The Morgan fingerprint density at radius 3 is 2.70 bits per heavy atom. The minimum absolute atomic E-state index is 0.0669. The van der Waals surface area contributed by atoms with E-state index in [2.05, 4.69) is 10.4 Å². The van der Waals surface area contributed by atoms with E-state index in [9.17, 15) is 9.18 Å². The lowest BCUT2D eigenvalue weighted by molar-refractivity contribution is -0.118. The largest absolute Gasteiger partial charge is 0.492 e. The Bertz CT molecular complexity index is 919. The molecule has 0 bridgehead atoms. The van der Waals surface area contributed by atoms with E-state index in [1.165, 1.54) is 12.1 Å². The molecule has 0 unspecified atom stereocenters. The van der Waals surface area contributed by atoms with Crippen LogP contribution in [0.1, 0.15) is 18.4 Å². The summed E-state index contributed by atoms with van der Waals surface area (Å²) in [6.07, 6.45) is 5.14. The van der Waals surface area contributed by atoms with E-state index in [4.69, 9.17) is 4.74 Å². The first-order valence-electron chi connectivity index (χ1n) is 8.94. The van der Waals surface area contributed by atoms with E-state index in [0.29, 0.717) is 24.6 Å². The first-order valence-corrected chi connectivity index (χ1v) is 8.94. The Morgan fingerprint density at radius 1 is 1.19 bits per heavy atom. The molecule has 1 amide bonds. The first kappa shape index (κ1) is 17.3. The van der Waals surface area contributed by atoms with Crippen LogP contribution < -0.4 is 10.1 Å². The number of carbonyl (C=O) groups excluding carboxylic acids is 1. The summed E-state index contributed by atoms with van der Waals surface area (Å²) in [5, 5.41) is 7.10. The lowest BCUT2D eigenvalue weighted by Gasteiger charge is -2.16. The Balaban J connectivity index is 1.39. The van der Waals surface area contributed by atoms with E-state index < -0.39 is 5.41 Å². The number of halogens is 1. The van der Waals surface area contributed by atoms with Gasteiger partial charge in [0, 0.05) is 24.1 Å². The topological polar surface area (TPSA) is 56.1 Å². The first-order chi connectivity index (χ1) is 13.2. The molecule has 1 heterocycles. The summed E-state index contributed by atoms with van der Waals surface area (Å²) in [6.45, 7) is 1.13. The van der Waals surface area contributed by atoms with Crippen LogP contribution in [0.2, 0.25) is 0 Å². The summed E-state index contributed by atoms with van der Waals surface area (Å²) >= 11 is 0. The SMILES string of the molecule is O=C(Nc1cccc(OCCn2cccn2)c1)C1(c2ccc(F)cc2)CC1. The molecule has 2 aromatic carbocycles. The van der Waals surface area contributed by atoms with Gasteiger partial charge in [-0.3, -0.25) is 9.48 Å². The van der Waals surface area contributed by atoms with Crippen molar-refractivity contribution in [3.05, 3.63) is 78.4 Å². The Kier molecular flexibility index (Phi) is 4.62. The molecule has 0 saturated heterocycles. The van der Waals surface area contributed by atoms with Crippen LogP contribution in [0.4, 0.5) is 10.1 Å². The zero-order chi connectivity index (χ0) is 18.7. The number of ether oxygens (including phenoxy) is 1. The molecule has 27 heavy (non-hydrogen) atoms. The van der Waals surface area contributed by atoms with Crippen molar-refractivity contribution < 1.29 is 13.9 Å². The molecule has 1 N–H and O–H groups in total. The Morgan fingerprint density at radius 2 is 2.00 bits per heavy atom. The van der Waals surface area contributed by atoms with Crippen LogP contribution in [-0.4, -0.2) is 22.3 Å². The third-order valence-corrected chi connectivity index (χ3v) is 4.82. The summed E-state index contributed by atoms with van der Waals surface area (Å²) in [4.78, 5) is 12.8. The van der Waals surface area contributed by atoms with Crippen molar-refractivity contribution in [2.75, 3.05) is 11.9 Å². The molecule has 5 nitrogen and oxygen atoms in total. The molecular weight excluding hydrogens is 345 g/mol. The molecule has 0 aliphatic heterocycles. The van der Waals surface area contributed by atoms with Gasteiger partial charge in [-0.05, 0) is 48.7 Å². The van der Waals surface area contributed by atoms with Crippen molar-refractivity contribution in [3.8, 4) is 5.75 Å². The molecule has 1 aliphatic rings. The molecule has 138 valence electrons. The highest BCUT2D eigenvalue weighted by atomic mass is 19.1. The van der Waals surface area contributed by atoms with E-state index in [0.717, 1.165) is 18.4 Å². The molecule has 1 aromatic heterocycles. The molecule has 4 rings (SSSR count). The average molecular weight is 365 g/mol. The second-order valence-electron chi connectivity index (χ2n) is 6.69. The molecule has 0 spiro atoms. The fourth-order valence-corrected chi connectivity index (χ4v) is 3.14. The molecule has 1 aliphatic carbocycles. The smallest absolute Gasteiger partial charge is 0.235 e. The van der Waals surface area contributed by atoms with Gasteiger partial charge in [0.25, 0.3) is 0 Å². The van der Waals surface area contributed by atoms with Gasteiger partial charge in [0.2, 0.25) is 5.91 Å². The Hall–Kier alpha value is -3.15. The lowest BCUT2D eigenvalue weighted by atomic mass is 9.95. The molecule has 0 atom stereocenters. The zero-order valence-electron chi connectivity index (χ0n) is 14.8. The highest BCUT2D eigenvalue weighted by molar-refractivity contribution is 6.01. The number of amides is 1.